The summed E-state index contributed by atoms with van der Waals surface area (Å²) in [5, 5.41) is 4.92. The highest BCUT2D eigenvalue weighted by molar-refractivity contribution is 5.86. The SMILES string of the molecule is COC(=O)NC(C)C(=O)N1CCC[C@H]1c1nc(-c2ccc(-c3ccc(-c4cnc(C5CCCN5C(=O)[C@H](C)NC(=O)OC)[nH]4)cc3)cc2)c(C(F)(F)F)[nH]1. The van der Waals surface area contributed by atoms with Crippen molar-refractivity contribution in [3.8, 4) is 33.6 Å². The van der Waals surface area contributed by atoms with E-state index in [0.717, 1.165) is 35.2 Å². The maximum Gasteiger partial charge on any atom is 0.433 e. The number of ether oxygens (including phenoxy) is 2. The fraction of sp³-hybridized carbons (Fsp3) is 0.405. The van der Waals surface area contributed by atoms with E-state index < -0.39 is 48.1 Å². The Balaban J connectivity index is 1.16. The maximum absolute atomic E-state index is 14.3. The van der Waals surface area contributed by atoms with Crippen LogP contribution in [0, 0.1) is 0 Å². The molecule has 17 heteroatoms. The molecule has 2 aliphatic heterocycles. The highest BCUT2D eigenvalue weighted by Crippen LogP contribution is 2.40. The number of rotatable bonds is 9. The first-order valence-corrected chi connectivity index (χ1v) is 17.5. The summed E-state index contributed by atoms with van der Waals surface area (Å²) in [5.74, 6) is -0.0245. The highest BCUT2D eigenvalue weighted by Gasteiger charge is 2.41. The molecular weight excluding hydrogens is 709 g/mol. The lowest BCUT2D eigenvalue weighted by Gasteiger charge is -2.26. The molecule has 2 aromatic carbocycles. The number of carbonyl (C=O) groups excluding carboxylic acids is 4. The van der Waals surface area contributed by atoms with Gasteiger partial charge in [-0.3, -0.25) is 9.59 Å². The number of H-pyrrole nitrogens is 2. The highest BCUT2D eigenvalue weighted by atomic mass is 19.4. The van der Waals surface area contributed by atoms with Crippen molar-refractivity contribution >= 4 is 24.0 Å². The summed E-state index contributed by atoms with van der Waals surface area (Å²) in [7, 11) is 2.41. The van der Waals surface area contributed by atoms with Crippen molar-refractivity contribution in [3.63, 3.8) is 0 Å². The van der Waals surface area contributed by atoms with E-state index in [4.69, 9.17) is 0 Å². The Morgan fingerprint density at radius 3 is 1.69 bits per heavy atom. The minimum absolute atomic E-state index is 0.0208. The van der Waals surface area contributed by atoms with Crippen LogP contribution in [0.25, 0.3) is 33.6 Å². The van der Waals surface area contributed by atoms with Crippen molar-refractivity contribution in [2.45, 2.75) is 69.9 Å². The van der Waals surface area contributed by atoms with Crippen LogP contribution in [0.2, 0.25) is 0 Å². The second kappa shape index (κ2) is 15.6. The van der Waals surface area contributed by atoms with E-state index >= 15 is 0 Å². The van der Waals surface area contributed by atoms with Gasteiger partial charge in [0.2, 0.25) is 11.8 Å². The minimum atomic E-state index is -4.74. The predicted molar refractivity (Wildman–Crippen MR) is 189 cm³/mol. The van der Waals surface area contributed by atoms with Crippen LogP contribution in [0.4, 0.5) is 22.8 Å². The first kappa shape index (κ1) is 37.9. The van der Waals surface area contributed by atoms with Crippen LogP contribution in [0.5, 0.6) is 0 Å². The molecule has 4 atom stereocenters. The Kier molecular flexibility index (Phi) is 11.0. The minimum Gasteiger partial charge on any atom is -0.453 e. The normalized spacial score (nSPS) is 18.3. The molecule has 4 amide bonds. The Morgan fingerprint density at radius 2 is 1.20 bits per heavy atom. The number of hydrogen-bond acceptors (Lipinski definition) is 8. The zero-order valence-corrected chi connectivity index (χ0v) is 30.1. The number of likely N-dealkylation sites (tertiary alicyclic amines) is 2. The number of halogens is 3. The number of nitrogens with one attached hydrogen (secondary N) is 4. The largest absolute Gasteiger partial charge is 0.453 e. The summed E-state index contributed by atoms with van der Waals surface area (Å²) in [6.07, 6.45) is -2.03. The number of benzene rings is 2. The van der Waals surface area contributed by atoms with E-state index in [0.29, 0.717) is 31.8 Å². The van der Waals surface area contributed by atoms with Crippen LogP contribution in [0.15, 0.2) is 54.7 Å². The number of hydrogen-bond donors (Lipinski definition) is 4. The summed E-state index contributed by atoms with van der Waals surface area (Å²) in [6, 6.07) is 11.5. The van der Waals surface area contributed by atoms with Crippen LogP contribution in [-0.2, 0) is 25.2 Å². The van der Waals surface area contributed by atoms with E-state index in [2.05, 4.69) is 40.0 Å². The van der Waals surface area contributed by atoms with Gasteiger partial charge in [0.25, 0.3) is 0 Å². The monoisotopic (exact) mass is 750 g/mol. The van der Waals surface area contributed by atoms with Gasteiger partial charge in [0, 0.05) is 18.7 Å². The Hall–Kier alpha value is -5.87. The molecule has 4 heterocycles. The smallest absolute Gasteiger partial charge is 0.433 e. The lowest BCUT2D eigenvalue weighted by Crippen LogP contribution is -2.46. The van der Waals surface area contributed by atoms with E-state index in [-0.39, 0.29) is 29.0 Å². The molecule has 0 bridgehead atoms. The number of carbonyl (C=O) groups is 4. The summed E-state index contributed by atoms with van der Waals surface area (Å²) in [6.45, 7) is 3.94. The molecule has 2 unspecified atom stereocenters. The van der Waals surface area contributed by atoms with Gasteiger partial charge in [-0.2, -0.15) is 13.2 Å². The average Bonchev–Trinajstić information content (AvgIpc) is 4.00. The van der Waals surface area contributed by atoms with Crippen molar-refractivity contribution < 1.29 is 41.8 Å². The third kappa shape index (κ3) is 7.89. The molecule has 2 fully saturated rings. The first-order chi connectivity index (χ1) is 25.8. The average molecular weight is 751 g/mol. The molecule has 0 saturated carbocycles. The van der Waals surface area contributed by atoms with Crippen LogP contribution in [-0.4, -0.2) is 93.1 Å². The zero-order valence-electron chi connectivity index (χ0n) is 30.1. The number of alkyl halides is 3. The number of imidazole rings is 2. The fourth-order valence-corrected chi connectivity index (χ4v) is 7.00. The number of aromatic nitrogens is 4. The Labute approximate surface area is 308 Å². The lowest BCUT2D eigenvalue weighted by molar-refractivity contribution is -0.140. The van der Waals surface area contributed by atoms with E-state index in [1.54, 1.807) is 42.3 Å². The molecule has 0 radical (unpaired) electrons. The molecule has 54 heavy (non-hydrogen) atoms. The third-order valence-electron chi connectivity index (χ3n) is 9.77. The maximum atomic E-state index is 14.3. The molecule has 0 aliphatic carbocycles. The fourth-order valence-electron chi connectivity index (χ4n) is 7.00. The molecule has 0 spiro atoms. The number of methoxy groups -OCH3 is 2. The van der Waals surface area contributed by atoms with Gasteiger partial charge >= 0.3 is 18.4 Å². The molecule has 4 N–H and O–H groups in total. The zero-order chi connectivity index (χ0) is 38.7. The second-order valence-electron chi connectivity index (χ2n) is 13.3. The Bertz CT molecular complexity index is 2000. The van der Waals surface area contributed by atoms with Gasteiger partial charge in [-0.25, -0.2) is 19.6 Å². The van der Waals surface area contributed by atoms with E-state index in [9.17, 15) is 32.3 Å². The van der Waals surface area contributed by atoms with Crippen molar-refractivity contribution in [3.05, 3.63) is 72.1 Å². The summed E-state index contributed by atoms with van der Waals surface area (Å²) in [4.78, 5) is 67.3. The molecule has 2 aromatic heterocycles. The van der Waals surface area contributed by atoms with Gasteiger partial charge in [0.15, 0.2) is 0 Å². The van der Waals surface area contributed by atoms with Crippen molar-refractivity contribution in [1.29, 1.82) is 0 Å². The predicted octanol–water partition coefficient (Wildman–Crippen LogP) is 5.97. The first-order valence-electron chi connectivity index (χ1n) is 17.5. The van der Waals surface area contributed by atoms with Gasteiger partial charge in [0.1, 0.15) is 35.1 Å². The van der Waals surface area contributed by atoms with Gasteiger partial charge < -0.3 is 39.9 Å². The van der Waals surface area contributed by atoms with Crippen LogP contribution in [0.3, 0.4) is 0 Å². The van der Waals surface area contributed by atoms with Gasteiger partial charge in [-0.15, -0.1) is 0 Å². The number of aromatic amines is 2. The van der Waals surface area contributed by atoms with Gasteiger partial charge in [-0.1, -0.05) is 48.5 Å². The summed E-state index contributed by atoms with van der Waals surface area (Å²) >= 11 is 0. The van der Waals surface area contributed by atoms with Gasteiger partial charge in [0.05, 0.1) is 38.2 Å². The van der Waals surface area contributed by atoms with Crippen molar-refractivity contribution in [1.82, 2.24) is 40.4 Å². The summed E-state index contributed by atoms with van der Waals surface area (Å²) in [5.41, 5.74) is 2.17. The molecule has 6 rings (SSSR count). The molecule has 4 aromatic rings. The standard InChI is InChI=1S/C37H41F3N8O6/c1-20(42-35(51)53-3)33(49)47-17-5-7-27(47)31-41-19-26(44-31)24-13-9-22(10-14-24)23-11-15-25(16-12-23)29-30(37(38,39)40)46-32(45-29)28-8-6-18-48(28)34(50)21(2)43-36(52)54-4/h9-16,19-21,27-28H,5-8,17-18H2,1-4H3,(H,41,44)(H,42,51)(H,43,52)(H,45,46)/t20-,21?,27?,28-/m0/s1. The van der Waals surface area contributed by atoms with E-state index in [1.165, 1.54) is 26.0 Å². The van der Waals surface area contributed by atoms with Gasteiger partial charge in [-0.05, 0) is 56.2 Å². The summed E-state index contributed by atoms with van der Waals surface area (Å²) < 4.78 is 52.1. The lowest BCUT2D eigenvalue weighted by atomic mass is 10.0. The third-order valence-corrected chi connectivity index (χ3v) is 9.77. The van der Waals surface area contributed by atoms with Crippen LogP contribution < -0.4 is 10.6 Å². The van der Waals surface area contributed by atoms with Crippen LogP contribution >= 0.6 is 0 Å². The number of nitrogens with zero attached hydrogens (tertiary/aromatic N) is 4. The molecule has 286 valence electrons. The molecule has 14 nitrogen and oxygen atoms in total. The second-order valence-corrected chi connectivity index (χ2v) is 13.3. The number of alkyl carbamates (subject to hydrolysis) is 2. The van der Waals surface area contributed by atoms with Crippen molar-refractivity contribution in [2.75, 3.05) is 27.3 Å². The van der Waals surface area contributed by atoms with E-state index in [1.807, 2.05) is 24.3 Å². The number of amides is 4. The molecular formula is C37H41F3N8O6. The molecule has 2 saturated heterocycles. The van der Waals surface area contributed by atoms with Crippen LogP contribution in [0.1, 0.15) is 69.0 Å². The Morgan fingerprint density at radius 1 is 0.741 bits per heavy atom. The topological polar surface area (TPSA) is 175 Å². The quantitative estimate of drug-likeness (QED) is 0.162. The molecule has 2 aliphatic rings. The van der Waals surface area contributed by atoms with Crippen molar-refractivity contribution in [2.24, 2.45) is 0 Å².